The van der Waals surface area contributed by atoms with Gasteiger partial charge in [-0.15, -0.1) is 0 Å². The molecule has 0 radical (unpaired) electrons. The molecule has 1 aliphatic rings. The Morgan fingerprint density at radius 2 is 2.10 bits per heavy atom. The Morgan fingerprint density at radius 1 is 1.33 bits per heavy atom. The molecule has 0 heterocycles. The second-order valence-electron chi connectivity index (χ2n) is 5.16. The van der Waals surface area contributed by atoms with Gasteiger partial charge in [0, 0.05) is 17.8 Å². The van der Waals surface area contributed by atoms with Crippen LogP contribution in [0.5, 0.6) is 0 Å². The van der Waals surface area contributed by atoms with Gasteiger partial charge in [0.1, 0.15) is 11.4 Å². The van der Waals surface area contributed by atoms with Crippen LogP contribution in [0.2, 0.25) is 0 Å². The summed E-state index contributed by atoms with van der Waals surface area (Å²) in [4.78, 5) is 11.1. The fourth-order valence-corrected chi connectivity index (χ4v) is 4.09. The van der Waals surface area contributed by atoms with Crippen LogP contribution >= 0.6 is 11.8 Å². The van der Waals surface area contributed by atoms with Gasteiger partial charge in [-0.3, -0.25) is 10.1 Å². The number of nitro benzene ring substituents is 1. The van der Waals surface area contributed by atoms with Crippen molar-refractivity contribution < 1.29 is 4.92 Å². The molecular formula is C15H23N3O2S. The van der Waals surface area contributed by atoms with Gasteiger partial charge in [-0.1, -0.05) is 19.4 Å². The molecule has 2 N–H and O–H groups in total. The number of thioether (sulfide) groups is 1. The number of hydrogen-bond donors (Lipinski definition) is 2. The Morgan fingerprint density at radius 3 is 2.76 bits per heavy atom. The molecule has 0 amide bonds. The standard InChI is InChI=1S/C15H23N3O2S/c1-3-16-12-8-5-9-13(15(12)18(19)20)17-11-7-6-10-14(11)21-4-2/h5,8-9,11,14,16-17H,3-4,6-7,10H2,1-2H3. The zero-order chi connectivity index (χ0) is 15.2. The van der Waals surface area contributed by atoms with Gasteiger partial charge in [-0.2, -0.15) is 11.8 Å². The minimum atomic E-state index is -0.294. The zero-order valence-electron chi connectivity index (χ0n) is 12.6. The highest BCUT2D eigenvalue weighted by molar-refractivity contribution is 7.99. The first-order valence-corrected chi connectivity index (χ1v) is 8.61. The SMILES string of the molecule is CCNc1cccc(NC2CCCC2SCC)c1[N+](=O)[O-]. The van der Waals surface area contributed by atoms with Crippen molar-refractivity contribution in [3.05, 3.63) is 28.3 Å². The molecule has 2 rings (SSSR count). The molecule has 21 heavy (non-hydrogen) atoms. The highest BCUT2D eigenvalue weighted by atomic mass is 32.2. The van der Waals surface area contributed by atoms with E-state index < -0.39 is 0 Å². The van der Waals surface area contributed by atoms with Crippen molar-refractivity contribution in [2.45, 2.75) is 44.4 Å². The minimum Gasteiger partial charge on any atom is -0.380 e. The predicted octanol–water partition coefficient (Wildman–Crippen LogP) is 4.11. The van der Waals surface area contributed by atoms with Crippen LogP contribution in [0.1, 0.15) is 33.1 Å². The van der Waals surface area contributed by atoms with Gasteiger partial charge in [0.05, 0.1) is 4.92 Å². The molecule has 0 aliphatic heterocycles. The summed E-state index contributed by atoms with van der Waals surface area (Å²) >= 11 is 1.95. The van der Waals surface area contributed by atoms with E-state index in [-0.39, 0.29) is 10.6 Å². The Labute approximate surface area is 130 Å². The Kier molecular flexibility index (Phi) is 5.73. The molecule has 1 aliphatic carbocycles. The number of anilines is 2. The van der Waals surface area contributed by atoms with Crippen LogP contribution in [0.4, 0.5) is 17.1 Å². The normalized spacial score (nSPS) is 21.2. The third kappa shape index (κ3) is 3.81. The third-order valence-corrected chi connectivity index (χ3v) is 5.09. The van der Waals surface area contributed by atoms with Crippen molar-refractivity contribution in [3.8, 4) is 0 Å². The molecule has 0 bridgehead atoms. The first-order valence-electron chi connectivity index (χ1n) is 7.56. The summed E-state index contributed by atoms with van der Waals surface area (Å²) in [6.45, 7) is 4.77. The molecule has 6 heteroatoms. The lowest BCUT2D eigenvalue weighted by Gasteiger charge is -2.21. The first-order chi connectivity index (χ1) is 10.2. The van der Waals surface area contributed by atoms with Crippen LogP contribution in [0.3, 0.4) is 0 Å². The predicted molar refractivity (Wildman–Crippen MR) is 90.4 cm³/mol. The number of nitrogens with zero attached hydrogens (tertiary/aromatic N) is 1. The van der Waals surface area contributed by atoms with Crippen LogP contribution < -0.4 is 10.6 Å². The fourth-order valence-electron chi connectivity index (χ4n) is 2.89. The molecule has 1 aromatic carbocycles. The number of nitrogens with one attached hydrogen (secondary N) is 2. The van der Waals surface area contributed by atoms with Gasteiger partial charge in [0.15, 0.2) is 0 Å². The quantitative estimate of drug-likeness (QED) is 0.586. The highest BCUT2D eigenvalue weighted by Crippen LogP contribution is 2.37. The number of nitro groups is 1. The maximum Gasteiger partial charge on any atom is 0.315 e. The highest BCUT2D eigenvalue weighted by Gasteiger charge is 2.29. The largest absolute Gasteiger partial charge is 0.380 e. The van der Waals surface area contributed by atoms with Crippen molar-refractivity contribution in [1.82, 2.24) is 0 Å². The molecule has 2 atom stereocenters. The lowest BCUT2D eigenvalue weighted by atomic mass is 10.2. The van der Waals surface area contributed by atoms with E-state index in [2.05, 4.69) is 17.6 Å². The number of para-hydroxylation sites is 1. The third-order valence-electron chi connectivity index (χ3n) is 3.76. The van der Waals surface area contributed by atoms with E-state index in [9.17, 15) is 10.1 Å². The molecule has 1 aromatic rings. The van der Waals surface area contributed by atoms with E-state index in [0.717, 1.165) is 12.2 Å². The lowest BCUT2D eigenvalue weighted by Crippen LogP contribution is -2.26. The molecule has 116 valence electrons. The van der Waals surface area contributed by atoms with Gasteiger partial charge in [-0.05, 0) is 37.7 Å². The molecule has 5 nitrogen and oxygen atoms in total. The van der Waals surface area contributed by atoms with Gasteiger partial charge < -0.3 is 10.6 Å². The van der Waals surface area contributed by atoms with Crippen molar-refractivity contribution in [1.29, 1.82) is 0 Å². The number of benzene rings is 1. The summed E-state index contributed by atoms with van der Waals surface area (Å²) in [5, 5.41) is 18.5. The molecule has 1 fully saturated rings. The summed E-state index contributed by atoms with van der Waals surface area (Å²) in [6.07, 6.45) is 3.47. The lowest BCUT2D eigenvalue weighted by molar-refractivity contribution is -0.383. The monoisotopic (exact) mass is 309 g/mol. The average Bonchev–Trinajstić information content (AvgIpc) is 2.87. The van der Waals surface area contributed by atoms with Crippen LogP contribution in [-0.4, -0.2) is 28.5 Å². The summed E-state index contributed by atoms with van der Waals surface area (Å²) in [5.74, 6) is 1.09. The molecule has 0 aromatic heterocycles. The van der Waals surface area contributed by atoms with Crippen LogP contribution in [0.15, 0.2) is 18.2 Å². The van der Waals surface area contributed by atoms with Crippen molar-refractivity contribution >= 4 is 28.8 Å². The molecule has 0 spiro atoms. The zero-order valence-corrected chi connectivity index (χ0v) is 13.4. The van der Waals surface area contributed by atoms with Crippen LogP contribution in [-0.2, 0) is 0 Å². The van der Waals surface area contributed by atoms with E-state index in [4.69, 9.17) is 0 Å². The maximum atomic E-state index is 11.4. The fraction of sp³-hybridized carbons (Fsp3) is 0.600. The number of hydrogen-bond acceptors (Lipinski definition) is 5. The molecule has 1 saturated carbocycles. The average molecular weight is 309 g/mol. The summed E-state index contributed by atoms with van der Waals surface area (Å²) in [5.41, 5.74) is 1.38. The molecule has 0 saturated heterocycles. The smallest absolute Gasteiger partial charge is 0.315 e. The van der Waals surface area contributed by atoms with Gasteiger partial charge in [0.25, 0.3) is 0 Å². The molecular weight excluding hydrogens is 286 g/mol. The van der Waals surface area contributed by atoms with E-state index in [1.165, 1.54) is 12.8 Å². The van der Waals surface area contributed by atoms with Crippen molar-refractivity contribution in [3.63, 3.8) is 0 Å². The molecule has 2 unspecified atom stereocenters. The number of rotatable bonds is 7. The second-order valence-corrected chi connectivity index (χ2v) is 6.68. The van der Waals surface area contributed by atoms with Crippen LogP contribution in [0.25, 0.3) is 0 Å². The van der Waals surface area contributed by atoms with E-state index in [1.54, 1.807) is 6.07 Å². The van der Waals surface area contributed by atoms with E-state index >= 15 is 0 Å². The topological polar surface area (TPSA) is 67.2 Å². The summed E-state index contributed by atoms with van der Waals surface area (Å²) < 4.78 is 0. The Bertz CT molecular complexity index is 496. The van der Waals surface area contributed by atoms with Gasteiger partial charge in [-0.25, -0.2) is 0 Å². The second kappa shape index (κ2) is 7.54. The summed E-state index contributed by atoms with van der Waals surface area (Å²) in [6, 6.07) is 5.76. The Hall–Kier alpha value is -1.43. The van der Waals surface area contributed by atoms with Crippen LogP contribution in [0, 0.1) is 10.1 Å². The van der Waals surface area contributed by atoms with Crippen molar-refractivity contribution in [2.75, 3.05) is 22.9 Å². The van der Waals surface area contributed by atoms with Gasteiger partial charge in [0.2, 0.25) is 0 Å². The van der Waals surface area contributed by atoms with E-state index in [0.29, 0.717) is 29.2 Å². The maximum absolute atomic E-state index is 11.4. The summed E-state index contributed by atoms with van der Waals surface area (Å²) in [7, 11) is 0. The minimum absolute atomic E-state index is 0.159. The Balaban J connectivity index is 2.22. The van der Waals surface area contributed by atoms with E-state index in [1.807, 2.05) is 30.8 Å². The van der Waals surface area contributed by atoms with Crippen molar-refractivity contribution in [2.24, 2.45) is 0 Å². The van der Waals surface area contributed by atoms with Gasteiger partial charge >= 0.3 is 5.69 Å². The first kappa shape index (κ1) is 15.9.